The molecule has 2 rings (SSSR count). The van der Waals surface area contributed by atoms with Crippen LogP contribution in [0.3, 0.4) is 0 Å². The van der Waals surface area contributed by atoms with E-state index in [2.05, 4.69) is 10.6 Å². The number of aliphatic hydroxyl groups is 1. The third kappa shape index (κ3) is 3.96. The molecule has 0 saturated carbocycles. The fourth-order valence-electron chi connectivity index (χ4n) is 2.03. The first-order valence-electron chi connectivity index (χ1n) is 6.71. The zero-order chi connectivity index (χ0) is 16.1. The number of carbonyl (C=O) groups excluding carboxylic acids is 1. The van der Waals surface area contributed by atoms with Crippen molar-refractivity contribution in [3.63, 3.8) is 0 Å². The number of aryl methyl sites for hydroxylation is 1. The summed E-state index contributed by atoms with van der Waals surface area (Å²) in [6.45, 7) is 1.89. The first-order chi connectivity index (χ1) is 10.5. The Morgan fingerprint density at radius 1 is 1.27 bits per heavy atom. The van der Waals surface area contributed by atoms with Gasteiger partial charge in [-0.25, -0.2) is 9.18 Å². The van der Waals surface area contributed by atoms with Gasteiger partial charge in [0.05, 0.1) is 16.8 Å². The smallest absolute Gasteiger partial charge is 0.319 e. The number of hydrogen-bond donors (Lipinski definition) is 3. The number of hydrogen-bond acceptors (Lipinski definition) is 2. The second kappa shape index (κ2) is 7.24. The van der Waals surface area contributed by atoms with Gasteiger partial charge in [-0.1, -0.05) is 41.9 Å². The fourth-order valence-corrected chi connectivity index (χ4v) is 2.20. The molecule has 0 aliphatic heterocycles. The molecule has 0 aliphatic rings. The molecule has 1 atom stereocenters. The van der Waals surface area contributed by atoms with Gasteiger partial charge in [-0.05, 0) is 30.2 Å². The summed E-state index contributed by atoms with van der Waals surface area (Å²) in [7, 11) is 0. The molecule has 0 saturated heterocycles. The van der Waals surface area contributed by atoms with Crippen LogP contribution in [0.1, 0.15) is 17.2 Å². The van der Waals surface area contributed by atoms with E-state index < -0.39 is 18.0 Å². The highest BCUT2D eigenvalue weighted by Crippen LogP contribution is 2.22. The molecule has 2 amide bonds. The maximum absolute atomic E-state index is 13.7. The summed E-state index contributed by atoms with van der Waals surface area (Å²) in [5.74, 6) is -0.696. The van der Waals surface area contributed by atoms with Gasteiger partial charge in [-0.3, -0.25) is 0 Å². The SMILES string of the molecule is Cc1ccccc1C(O)CNC(=O)Nc1cccc(Cl)c1F. The Morgan fingerprint density at radius 3 is 2.73 bits per heavy atom. The van der Waals surface area contributed by atoms with Crippen LogP contribution < -0.4 is 10.6 Å². The summed E-state index contributed by atoms with van der Waals surface area (Å²) in [5.41, 5.74) is 1.64. The van der Waals surface area contributed by atoms with Crippen LogP contribution in [-0.4, -0.2) is 17.7 Å². The van der Waals surface area contributed by atoms with Crippen LogP contribution in [0.2, 0.25) is 5.02 Å². The van der Waals surface area contributed by atoms with Crippen molar-refractivity contribution in [3.05, 3.63) is 64.4 Å². The van der Waals surface area contributed by atoms with Crippen molar-refractivity contribution >= 4 is 23.3 Å². The van der Waals surface area contributed by atoms with E-state index in [4.69, 9.17) is 11.6 Å². The molecule has 2 aromatic rings. The Bertz CT molecular complexity index is 679. The molecule has 1 unspecified atom stereocenters. The maximum atomic E-state index is 13.7. The van der Waals surface area contributed by atoms with E-state index in [1.165, 1.54) is 18.2 Å². The van der Waals surface area contributed by atoms with Gasteiger partial charge in [0.15, 0.2) is 5.82 Å². The quantitative estimate of drug-likeness (QED) is 0.804. The highest BCUT2D eigenvalue weighted by Gasteiger charge is 2.13. The molecule has 3 N–H and O–H groups in total. The third-order valence-corrected chi connectivity index (χ3v) is 3.50. The largest absolute Gasteiger partial charge is 0.387 e. The van der Waals surface area contributed by atoms with Crippen LogP contribution in [0.25, 0.3) is 0 Å². The van der Waals surface area contributed by atoms with E-state index in [1.807, 2.05) is 25.1 Å². The van der Waals surface area contributed by atoms with Gasteiger partial charge in [-0.15, -0.1) is 0 Å². The Kier molecular flexibility index (Phi) is 5.35. The number of rotatable bonds is 4. The normalized spacial score (nSPS) is 11.8. The number of amides is 2. The summed E-state index contributed by atoms with van der Waals surface area (Å²) in [5, 5.41) is 14.9. The minimum atomic E-state index is -0.837. The molecule has 116 valence electrons. The zero-order valence-electron chi connectivity index (χ0n) is 11.9. The molecular weight excluding hydrogens is 307 g/mol. The first kappa shape index (κ1) is 16.3. The van der Waals surface area contributed by atoms with E-state index >= 15 is 0 Å². The zero-order valence-corrected chi connectivity index (χ0v) is 12.7. The lowest BCUT2D eigenvalue weighted by atomic mass is 10.0. The van der Waals surface area contributed by atoms with Gasteiger partial charge >= 0.3 is 6.03 Å². The molecule has 6 heteroatoms. The third-order valence-electron chi connectivity index (χ3n) is 3.20. The van der Waals surface area contributed by atoms with Crippen LogP contribution in [0, 0.1) is 12.7 Å². The average molecular weight is 323 g/mol. The predicted molar refractivity (Wildman–Crippen MR) is 84.6 cm³/mol. The molecule has 4 nitrogen and oxygen atoms in total. The molecule has 0 bridgehead atoms. The highest BCUT2D eigenvalue weighted by atomic mass is 35.5. The standard InChI is InChI=1S/C16H16ClFN2O2/c1-10-5-2-3-6-11(10)14(21)9-19-16(22)20-13-8-4-7-12(17)15(13)18/h2-8,14,21H,9H2,1H3,(H2,19,20,22). The lowest BCUT2D eigenvalue weighted by molar-refractivity contribution is 0.174. The monoisotopic (exact) mass is 322 g/mol. The lowest BCUT2D eigenvalue weighted by Gasteiger charge is -2.15. The van der Waals surface area contributed by atoms with Crippen molar-refractivity contribution in [2.75, 3.05) is 11.9 Å². The molecule has 22 heavy (non-hydrogen) atoms. The van der Waals surface area contributed by atoms with Crippen LogP contribution in [0.4, 0.5) is 14.9 Å². The number of urea groups is 1. The molecule has 0 fully saturated rings. The number of aliphatic hydroxyl groups excluding tert-OH is 1. The van der Waals surface area contributed by atoms with Gasteiger partial charge in [0.25, 0.3) is 0 Å². The number of anilines is 1. The first-order valence-corrected chi connectivity index (χ1v) is 7.09. The summed E-state index contributed by atoms with van der Waals surface area (Å²) < 4.78 is 13.7. The summed E-state index contributed by atoms with van der Waals surface area (Å²) >= 11 is 5.64. The van der Waals surface area contributed by atoms with Crippen molar-refractivity contribution in [2.24, 2.45) is 0 Å². The van der Waals surface area contributed by atoms with Gasteiger partial charge in [0.2, 0.25) is 0 Å². The van der Waals surface area contributed by atoms with Crippen LogP contribution >= 0.6 is 11.6 Å². The Labute approximate surface area is 132 Å². The molecule has 0 heterocycles. The van der Waals surface area contributed by atoms with Crippen molar-refractivity contribution in [1.82, 2.24) is 5.32 Å². The Hall–Kier alpha value is -2.11. The topological polar surface area (TPSA) is 61.4 Å². The van der Waals surface area contributed by atoms with E-state index in [1.54, 1.807) is 6.07 Å². The van der Waals surface area contributed by atoms with Crippen LogP contribution in [0.5, 0.6) is 0 Å². The van der Waals surface area contributed by atoms with Gasteiger partial charge in [-0.2, -0.15) is 0 Å². The average Bonchev–Trinajstić information content (AvgIpc) is 2.50. The molecular formula is C16H16ClFN2O2. The number of nitrogens with one attached hydrogen (secondary N) is 2. The summed E-state index contributed by atoms with van der Waals surface area (Å²) in [6.07, 6.45) is -0.837. The molecule has 2 aromatic carbocycles. The predicted octanol–water partition coefficient (Wildman–Crippen LogP) is 3.64. The number of carbonyl (C=O) groups is 1. The Morgan fingerprint density at radius 2 is 2.00 bits per heavy atom. The second-order valence-corrected chi connectivity index (χ2v) is 5.22. The van der Waals surface area contributed by atoms with Crippen LogP contribution in [-0.2, 0) is 0 Å². The van der Waals surface area contributed by atoms with Gasteiger partial charge in [0.1, 0.15) is 0 Å². The number of halogens is 2. The van der Waals surface area contributed by atoms with E-state index in [0.717, 1.165) is 11.1 Å². The maximum Gasteiger partial charge on any atom is 0.319 e. The molecule has 0 aromatic heterocycles. The number of benzene rings is 2. The van der Waals surface area contributed by atoms with Crippen molar-refractivity contribution in [3.8, 4) is 0 Å². The van der Waals surface area contributed by atoms with E-state index in [-0.39, 0.29) is 17.3 Å². The van der Waals surface area contributed by atoms with Crippen molar-refractivity contribution in [2.45, 2.75) is 13.0 Å². The van der Waals surface area contributed by atoms with E-state index in [9.17, 15) is 14.3 Å². The molecule has 0 spiro atoms. The van der Waals surface area contributed by atoms with Gasteiger partial charge in [0, 0.05) is 6.54 Å². The summed E-state index contributed by atoms with van der Waals surface area (Å²) in [6, 6.07) is 11.1. The fraction of sp³-hybridized carbons (Fsp3) is 0.188. The van der Waals surface area contributed by atoms with Crippen LogP contribution in [0.15, 0.2) is 42.5 Å². The molecule has 0 aliphatic carbocycles. The highest BCUT2D eigenvalue weighted by molar-refractivity contribution is 6.31. The minimum absolute atomic E-state index is 0.0128. The Balaban J connectivity index is 1.93. The summed E-state index contributed by atoms with van der Waals surface area (Å²) in [4.78, 5) is 11.8. The van der Waals surface area contributed by atoms with E-state index in [0.29, 0.717) is 0 Å². The molecule has 0 radical (unpaired) electrons. The second-order valence-electron chi connectivity index (χ2n) is 4.81. The lowest BCUT2D eigenvalue weighted by Crippen LogP contribution is -2.32. The van der Waals surface area contributed by atoms with Gasteiger partial charge < -0.3 is 15.7 Å². The van der Waals surface area contributed by atoms with Crippen molar-refractivity contribution in [1.29, 1.82) is 0 Å². The minimum Gasteiger partial charge on any atom is -0.387 e. The van der Waals surface area contributed by atoms with Crippen molar-refractivity contribution < 1.29 is 14.3 Å².